The number of hydrogen-bond acceptors (Lipinski definition) is 4. The average molecular weight is 322 g/mol. The van der Waals surface area contributed by atoms with E-state index in [1.807, 2.05) is 36.4 Å². The SMILES string of the molecule is COC(=O)C(CSc1ccc(N)cc1Cl)c1ccccc1. The van der Waals surface area contributed by atoms with Gasteiger partial charge < -0.3 is 10.5 Å². The van der Waals surface area contributed by atoms with Crippen molar-refractivity contribution in [2.45, 2.75) is 10.8 Å². The molecule has 3 nitrogen and oxygen atoms in total. The number of esters is 1. The van der Waals surface area contributed by atoms with E-state index in [1.54, 1.807) is 12.1 Å². The predicted molar refractivity (Wildman–Crippen MR) is 87.8 cm³/mol. The first kappa shape index (κ1) is 15.7. The molecule has 0 saturated carbocycles. The highest BCUT2D eigenvalue weighted by Gasteiger charge is 2.21. The molecule has 0 aliphatic carbocycles. The molecule has 0 saturated heterocycles. The zero-order chi connectivity index (χ0) is 15.2. The summed E-state index contributed by atoms with van der Waals surface area (Å²) in [4.78, 5) is 12.9. The molecule has 0 aromatic heterocycles. The highest BCUT2D eigenvalue weighted by Crippen LogP contribution is 2.32. The number of halogens is 1. The predicted octanol–water partition coefficient (Wildman–Crippen LogP) is 3.97. The van der Waals surface area contributed by atoms with Gasteiger partial charge in [0.25, 0.3) is 0 Å². The average Bonchev–Trinajstić information content (AvgIpc) is 2.50. The number of methoxy groups -OCH3 is 1. The Kier molecular flexibility index (Phi) is 5.53. The second-order valence-corrected chi connectivity index (χ2v) is 5.96. The molecule has 0 heterocycles. The summed E-state index contributed by atoms with van der Waals surface area (Å²) in [6, 6.07) is 14.9. The van der Waals surface area contributed by atoms with Gasteiger partial charge in [-0.1, -0.05) is 41.9 Å². The van der Waals surface area contributed by atoms with Crippen LogP contribution in [0.3, 0.4) is 0 Å². The summed E-state index contributed by atoms with van der Waals surface area (Å²) in [6.45, 7) is 0. The summed E-state index contributed by atoms with van der Waals surface area (Å²) in [5, 5.41) is 0.594. The van der Waals surface area contributed by atoms with Gasteiger partial charge in [-0.05, 0) is 23.8 Å². The molecule has 21 heavy (non-hydrogen) atoms. The van der Waals surface area contributed by atoms with Crippen molar-refractivity contribution < 1.29 is 9.53 Å². The highest BCUT2D eigenvalue weighted by molar-refractivity contribution is 7.99. The lowest BCUT2D eigenvalue weighted by molar-refractivity contribution is -0.141. The fourth-order valence-corrected chi connectivity index (χ4v) is 3.32. The van der Waals surface area contributed by atoms with Crippen molar-refractivity contribution in [3.8, 4) is 0 Å². The Morgan fingerprint density at radius 2 is 2.00 bits per heavy atom. The molecular formula is C16H16ClNO2S. The van der Waals surface area contributed by atoms with Crippen molar-refractivity contribution in [1.82, 2.24) is 0 Å². The maximum absolute atomic E-state index is 12.0. The third-order valence-corrected chi connectivity index (χ3v) is 4.64. The van der Waals surface area contributed by atoms with Crippen LogP contribution in [0.2, 0.25) is 5.02 Å². The van der Waals surface area contributed by atoms with Gasteiger partial charge in [-0.3, -0.25) is 4.79 Å². The summed E-state index contributed by atoms with van der Waals surface area (Å²) in [6.07, 6.45) is 0. The maximum atomic E-state index is 12.0. The van der Waals surface area contributed by atoms with E-state index in [1.165, 1.54) is 18.9 Å². The molecule has 0 amide bonds. The number of anilines is 1. The van der Waals surface area contributed by atoms with Crippen molar-refractivity contribution in [3.05, 3.63) is 59.1 Å². The van der Waals surface area contributed by atoms with Crippen LogP contribution in [0.15, 0.2) is 53.4 Å². The van der Waals surface area contributed by atoms with Crippen LogP contribution in [0.1, 0.15) is 11.5 Å². The lowest BCUT2D eigenvalue weighted by Gasteiger charge is -2.15. The molecule has 1 unspecified atom stereocenters. The molecule has 0 bridgehead atoms. The first-order chi connectivity index (χ1) is 10.1. The quantitative estimate of drug-likeness (QED) is 0.514. The molecule has 0 aliphatic heterocycles. The molecule has 2 N–H and O–H groups in total. The summed E-state index contributed by atoms with van der Waals surface area (Å²) in [5.41, 5.74) is 7.23. The van der Waals surface area contributed by atoms with Crippen LogP contribution in [0, 0.1) is 0 Å². The molecule has 2 aromatic rings. The number of nitrogens with two attached hydrogens (primary N) is 1. The van der Waals surface area contributed by atoms with Crippen molar-refractivity contribution in [1.29, 1.82) is 0 Å². The number of hydrogen-bond donors (Lipinski definition) is 1. The number of thioether (sulfide) groups is 1. The Labute approximate surface area is 133 Å². The normalized spacial score (nSPS) is 11.9. The Morgan fingerprint density at radius 1 is 1.29 bits per heavy atom. The lowest BCUT2D eigenvalue weighted by Crippen LogP contribution is -2.16. The molecule has 110 valence electrons. The molecule has 1 atom stereocenters. The minimum absolute atomic E-state index is 0.250. The van der Waals surface area contributed by atoms with Crippen LogP contribution in [0.25, 0.3) is 0 Å². The summed E-state index contributed by atoms with van der Waals surface area (Å²) >= 11 is 7.67. The van der Waals surface area contributed by atoms with Crippen molar-refractivity contribution in [2.24, 2.45) is 0 Å². The molecule has 0 radical (unpaired) electrons. The maximum Gasteiger partial charge on any atom is 0.313 e. The van der Waals surface area contributed by atoms with E-state index in [0.717, 1.165) is 10.5 Å². The molecule has 0 fully saturated rings. The minimum atomic E-state index is -0.324. The van der Waals surface area contributed by atoms with Gasteiger partial charge in [0.2, 0.25) is 0 Å². The van der Waals surface area contributed by atoms with Crippen molar-refractivity contribution in [2.75, 3.05) is 18.6 Å². The van der Waals surface area contributed by atoms with Crippen molar-refractivity contribution in [3.63, 3.8) is 0 Å². The Balaban J connectivity index is 2.15. The second kappa shape index (κ2) is 7.38. The van der Waals surface area contributed by atoms with Crippen LogP contribution in [-0.2, 0) is 9.53 Å². The molecule has 2 aromatic carbocycles. The van der Waals surface area contributed by atoms with Crippen LogP contribution < -0.4 is 5.73 Å². The van der Waals surface area contributed by atoms with Crippen molar-refractivity contribution >= 4 is 35.0 Å². The van der Waals surface area contributed by atoms with Gasteiger partial charge in [0, 0.05) is 16.3 Å². The highest BCUT2D eigenvalue weighted by atomic mass is 35.5. The molecule has 0 spiro atoms. The third-order valence-electron chi connectivity index (χ3n) is 3.05. The number of ether oxygens (including phenoxy) is 1. The fourth-order valence-electron chi connectivity index (χ4n) is 1.94. The van der Waals surface area contributed by atoms with E-state index in [4.69, 9.17) is 22.1 Å². The number of rotatable bonds is 5. The van der Waals surface area contributed by atoms with Gasteiger partial charge >= 0.3 is 5.97 Å². The first-order valence-electron chi connectivity index (χ1n) is 6.42. The Morgan fingerprint density at radius 3 is 2.62 bits per heavy atom. The van der Waals surface area contributed by atoms with E-state index in [9.17, 15) is 4.79 Å². The van der Waals surface area contributed by atoms with Crippen LogP contribution in [0.5, 0.6) is 0 Å². The van der Waals surface area contributed by atoms with E-state index in [2.05, 4.69) is 0 Å². The summed E-state index contributed by atoms with van der Waals surface area (Å²) in [7, 11) is 1.40. The van der Waals surface area contributed by atoms with Crippen LogP contribution in [-0.4, -0.2) is 18.8 Å². The van der Waals surface area contributed by atoms with Gasteiger partial charge in [-0.2, -0.15) is 0 Å². The van der Waals surface area contributed by atoms with Crippen LogP contribution in [0.4, 0.5) is 5.69 Å². The van der Waals surface area contributed by atoms with E-state index in [0.29, 0.717) is 16.5 Å². The zero-order valence-electron chi connectivity index (χ0n) is 11.6. The summed E-state index contributed by atoms with van der Waals surface area (Å²) in [5.74, 6) is -0.0181. The number of nitrogen functional groups attached to an aromatic ring is 1. The molecular weight excluding hydrogens is 306 g/mol. The summed E-state index contributed by atoms with van der Waals surface area (Å²) < 4.78 is 4.90. The zero-order valence-corrected chi connectivity index (χ0v) is 13.2. The Bertz CT molecular complexity index is 619. The van der Waals surface area contributed by atoms with Gasteiger partial charge in [0.1, 0.15) is 0 Å². The first-order valence-corrected chi connectivity index (χ1v) is 7.78. The third kappa shape index (κ3) is 4.16. The smallest absolute Gasteiger partial charge is 0.313 e. The van der Waals surface area contributed by atoms with Gasteiger partial charge in [0.05, 0.1) is 18.1 Å². The standard InChI is InChI=1S/C16H16ClNO2S/c1-20-16(19)13(11-5-3-2-4-6-11)10-21-15-8-7-12(18)9-14(15)17/h2-9,13H,10,18H2,1H3. The van der Waals surface area contributed by atoms with E-state index < -0.39 is 0 Å². The van der Waals surface area contributed by atoms with E-state index in [-0.39, 0.29) is 11.9 Å². The molecule has 0 aliphatic rings. The van der Waals surface area contributed by atoms with Gasteiger partial charge in [-0.25, -0.2) is 0 Å². The monoisotopic (exact) mass is 321 g/mol. The lowest BCUT2D eigenvalue weighted by atomic mass is 10.0. The van der Waals surface area contributed by atoms with Gasteiger partial charge in [-0.15, -0.1) is 11.8 Å². The Hall–Kier alpha value is -1.65. The fraction of sp³-hybridized carbons (Fsp3) is 0.188. The van der Waals surface area contributed by atoms with Gasteiger partial charge in [0.15, 0.2) is 0 Å². The molecule has 2 rings (SSSR count). The number of carbonyl (C=O) groups excluding carboxylic acids is 1. The largest absolute Gasteiger partial charge is 0.469 e. The number of benzene rings is 2. The van der Waals surface area contributed by atoms with Crippen LogP contribution >= 0.6 is 23.4 Å². The minimum Gasteiger partial charge on any atom is -0.469 e. The topological polar surface area (TPSA) is 52.3 Å². The second-order valence-electron chi connectivity index (χ2n) is 4.49. The number of carbonyl (C=O) groups is 1. The van der Waals surface area contributed by atoms with E-state index >= 15 is 0 Å². The molecule has 5 heteroatoms.